The molecule has 0 aliphatic carbocycles. The van der Waals surface area contributed by atoms with Gasteiger partial charge in [-0.3, -0.25) is 4.90 Å². The Bertz CT molecular complexity index is 882. The minimum Gasteiger partial charge on any atom is -0.367 e. The van der Waals surface area contributed by atoms with E-state index in [1.165, 1.54) is 4.90 Å². The Balaban J connectivity index is 1.50. The highest BCUT2D eigenvalue weighted by molar-refractivity contribution is 6.31. The molecule has 1 saturated heterocycles. The highest BCUT2D eigenvalue weighted by atomic mass is 35.5. The quantitative estimate of drug-likeness (QED) is 0.638. The predicted octanol–water partition coefficient (Wildman–Crippen LogP) is 2.93. The third-order valence-corrected chi connectivity index (χ3v) is 5.15. The van der Waals surface area contributed by atoms with E-state index in [9.17, 15) is 17.6 Å². The van der Waals surface area contributed by atoms with E-state index in [-0.39, 0.29) is 24.6 Å². The van der Waals surface area contributed by atoms with Crippen LogP contribution in [0.5, 0.6) is 0 Å². The van der Waals surface area contributed by atoms with Crippen molar-refractivity contribution in [1.82, 2.24) is 25.5 Å². The van der Waals surface area contributed by atoms with Crippen LogP contribution >= 0.6 is 11.6 Å². The molecule has 0 saturated carbocycles. The molecule has 1 aromatic heterocycles. The van der Waals surface area contributed by atoms with E-state index in [0.29, 0.717) is 35.8 Å². The van der Waals surface area contributed by atoms with E-state index in [1.54, 1.807) is 18.5 Å². The number of dihydropyridines is 1. The molecule has 1 fully saturated rings. The summed E-state index contributed by atoms with van der Waals surface area (Å²) in [6.07, 6.45) is 3.00. The molecular weight excluding hydrogens is 412 g/mol. The van der Waals surface area contributed by atoms with E-state index in [1.807, 2.05) is 0 Å². The molecule has 2 atom stereocenters. The van der Waals surface area contributed by atoms with Gasteiger partial charge in [-0.2, -0.15) is 13.2 Å². The predicted molar refractivity (Wildman–Crippen MR) is 101 cm³/mol. The van der Waals surface area contributed by atoms with Gasteiger partial charge in [0.1, 0.15) is 6.17 Å². The van der Waals surface area contributed by atoms with Gasteiger partial charge in [0, 0.05) is 36.1 Å². The summed E-state index contributed by atoms with van der Waals surface area (Å²) in [4.78, 5) is 9.68. The van der Waals surface area contributed by atoms with Gasteiger partial charge in [0.05, 0.1) is 17.8 Å². The lowest BCUT2D eigenvalue weighted by Crippen LogP contribution is -2.46. The van der Waals surface area contributed by atoms with Crippen LogP contribution in [0.3, 0.4) is 0 Å². The second kappa shape index (κ2) is 7.83. The van der Waals surface area contributed by atoms with Crippen LogP contribution in [0, 0.1) is 5.82 Å². The number of alkyl halides is 3. The van der Waals surface area contributed by atoms with Crippen molar-refractivity contribution in [1.29, 1.82) is 0 Å². The fourth-order valence-electron chi connectivity index (χ4n) is 3.70. The average molecular weight is 431 g/mol. The highest BCUT2D eigenvalue weighted by Gasteiger charge is 2.33. The van der Waals surface area contributed by atoms with Crippen LogP contribution < -0.4 is 16.0 Å². The Hall–Kier alpha value is -2.33. The van der Waals surface area contributed by atoms with E-state index in [4.69, 9.17) is 11.6 Å². The van der Waals surface area contributed by atoms with Crippen molar-refractivity contribution in [2.24, 2.45) is 0 Å². The SMILES string of the molecule is Fc1cnc(C2=CNC3NC=C(Cl)C=C23)nc1N[C@H]1CCCN(CC(F)(F)F)C1. The topological polar surface area (TPSA) is 65.1 Å². The lowest BCUT2D eigenvalue weighted by atomic mass is 10.0. The highest BCUT2D eigenvalue weighted by Crippen LogP contribution is 2.31. The van der Waals surface area contributed by atoms with Gasteiger partial charge in [-0.05, 0) is 25.5 Å². The summed E-state index contributed by atoms with van der Waals surface area (Å²) in [6, 6.07) is -0.334. The van der Waals surface area contributed by atoms with Gasteiger partial charge in [0.2, 0.25) is 0 Å². The zero-order valence-electron chi connectivity index (χ0n) is 15.2. The Morgan fingerprint density at radius 3 is 2.86 bits per heavy atom. The number of halogens is 5. The monoisotopic (exact) mass is 430 g/mol. The van der Waals surface area contributed by atoms with Crippen molar-refractivity contribution in [2.75, 3.05) is 25.0 Å². The lowest BCUT2D eigenvalue weighted by Gasteiger charge is -2.33. The van der Waals surface area contributed by atoms with Gasteiger partial charge in [-0.15, -0.1) is 0 Å². The third-order valence-electron chi connectivity index (χ3n) is 4.93. The van der Waals surface area contributed by atoms with Crippen molar-refractivity contribution >= 4 is 23.0 Å². The normalized spacial score (nSPS) is 24.7. The molecule has 0 amide bonds. The number of rotatable bonds is 4. The number of nitrogens with zero attached hydrogens (tertiary/aromatic N) is 3. The number of likely N-dealkylation sites (tertiary alicyclic amines) is 1. The molecule has 0 spiro atoms. The van der Waals surface area contributed by atoms with Crippen molar-refractivity contribution in [3.8, 4) is 0 Å². The summed E-state index contributed by atoms with van der Waals surface area (Å²) in [5, 5.41) is 9.66. The molecule has 3 aliphatic heterocycles. The number of allylic oxidation sites excluding steroid dienone is 2. The van der Waals surface area contributed by atoms with E-state index in [0.717, 1.165) is 11.8 Å². The molecule has 6 nitrogen and oxygen atoms in total. The lowest BCUT2D eigenvalue weighted by molar-refractivity contribution is -0.147. The summed E-state index contributed by atoms with van der Waals surface area (Å²) < 4.78 is 52.3. The molecule has 1 unspecified atom stereocenters. The van der Waals surface area contributed by atoms with Crippen LogP contribution in [0.25, 0.3) is 5.57 Å². The second-order valence-corrected chi connectivity index (χ2v) is 7.61. The van der Waals surface area contributed by atoms with Crippen LogP contribution in [0.2, 0.25) is 0 Å². The first-order valence-corrected chi connectivity index (χ1v) is 9.55. The van der Waals surface area contributed by atoms with Gasteiger partial charge in [0.15, 0.2) is 17.5 Å². The van der Waals surface area contributed by atoms with Crippen molar-refractivity contribution in [2.45, 2.75) is 31.2 Å². The van der Waals surface area contributed by atoms with E-state index < -0.39 is 18.5 Å². The molecule has 1 aromatic rings. The molecule has 156 valence electrons. The zero-order chi connectivity index (χ0) is 20.6. The first kappa shape index (κ1) is 20.0. The average Bonchev–Trinajstić information content (AvgIpc) is 3.05. The summed E-state index contributed by atoms with van der Waals surface area (Å²) >= 11 is 6.05. The van der Waals surface area contributed by atoms with Crippen molar-refractivity contribution in [3.05, 3.63) is 46.9 Å². The number of nitrogens with one attached hydrogen (secondary N) is 3. The molecule has 4 heterocycles. The summed E-state index contributed by atoms with van der Waals surface area (Å²) in [5.74, 6) is -0.381. The maximum Gasteiger partial charge on any atom is 0.401 e. The maximum absolute atomic E-state index is 14.3. The number of hydrogen-bond acceptors (Lipinski definition) is 6. The molecule has 4 rings (SSSR count). The molecule has 29 heavy (non-hydrogen) atoms. The molecule has 3 N–H and O–H groups in total. The fourth-order valence-corrected chi connectivity index (χ4v) is 3.88. The molecule has 11 heteroatoms. The van der Waals surface area contributed by atoms with Gasteiger partial charge in [0.25, 0.3) is 0 Å². The standard InChI is InChI=1S/C18H19ClF4N6/c19-10-4-12-13(6-25-15(12)24-5-10)16-26-7-14(20)17(28-16)27-11-2-1-3-29(8-11)9-18(21,22)23/h4-7,11,15,24-25H,1-3,8-9H2,(H,26,27,28)/t11-,15?/m0/s1. The number of hydrogen-bond donors (Lipinski definition) is 3. The third kappa shape index (κ3) is 4.64. The van der Waals surface area contributed by atoms with Crippen LogP contribution in [-0.4, -0.2) is 52.9 Å². The Morgan fingerprint density at radius 2 is 2.07 bits per heavy atom. The molecule has 0 aromatic carbocycles. The smallest absolute Gasteiger partial charge is 0.367 e. The van der Waals surface area contributed by atoms with Gasteiger partial charge in [-0.25, -0.2) is 14.4 Å². The zero-order valence-corrected chi connectivity index (χ0v) is 16.0. The maximum atomic E-state index is 14.3. The number of piperidine rings is 1. The van der Waals surface area contributed by atoms with Crippen LogP contribution in [0.4, 0.5) is 23.4 Å². The van der Waals surface area contributed by atoms with Crippen LogP contribution in [0.1, 0.15) is 18.7 Å². The number of aromatic nitrogens is 2. The Kier molecular flexibility index (Phi) is 5.39. The summed E-state index contributed by atoms with van der Waals surface area (Å²) in [5.41, 5.74) is 1.49. The summed E-state index contributed by atoms with van der Waals surface area (Å²) in [6.45, 7) is -0.442. The molecule has 3 aliphatic rings. The molecular formula is C18H19ClF4N6. The van der Waals surface area contributed by atoms with Gasteiger partial charge < -0.3 is 16.0 Å². The first-order valence-electron chi connectivity index (χ1n) is 9.17. The first-order chi connectivity index (χ1) is 13.8. The molecule has 0 radical (unpaired) electrons. The van der Waals surface area contributed by atoms with Gasteiger partial charge >= 0.3 is 6.18 Å². The van der Waals surface area contributed by atoms with Crippen molar-refractivity contribution < 1.29 is 17.6 Å². The largest absolute Gasteiger partial charge is 0.401 e. The van der Waals surface area contributed by atoms with Crippen LogP contribution in [0.15, 0.2) is 35.3 Å². The number of anilines is 1. The van der Waals surface area contributed by atoms with E-state index >= 15 is 0 Å². The van der Waals surface area contributed by atoms with Crippen LogP contribution in [-0.2, 0) is 0 Å². The summed E-state index contributed by atoms with van der Waals surface area (Å²) in [7, 11) is 0. The van der Waals surface area contributed by atoms with Crippen molar-refractivity contribution in [3.63, 3.8) is 0 Å². The fraction of sp³-hybridized carbons (Fsp3) is 0.444. The Morgan fingerprint density at radius 1 is 1.28 bits per heavy atom. The number of fused-ring (bicyclic) bond motifs is 1. The Labute approximate surface area is 169 Å². The van der Waals surface area contributed by atoms with E-state index in [2.05, 4.69) is 25.9 Å². The molecule has 0 bridgehead atoms. The van der Waals surface area contributed by atoms with Gasteiger partial charge in [-0.1, -0.05) is 11.6 Å². The second-order valence-electron chi connectivity index (χ2n) is 7.18. The minimum atomic E-state index is -4.26. The minimum absolute atomic E-state index is 0.0239.